The number of nitrogens with one attached hydrogen (secondary N) is 2. The minimum atomic E-state index is -0.429. The van der Waals surface area contributed by atoms with Crippen LogP contribution in [0.1, 0.15) is 40.5 Å². The number of hydrogen-bond acceptors (Lipinski definition) is 3. The quantitative estimate of drug-likeness (QED) is 0.791. The summed E-state index contributed by atoms with van der Waals surface area (Å²) in [5.74, 6) is 0.153. The molecule has 0 aromatic rings. The summed E-state index contributed by atoms with van der Waals surface area (Å²) in [6, 6.07) is 0. The molecule has 1 fully saturated rings. The Morgan fingerprint density at radius 3 is 2.47 bits per heavy atom. The summed E-state index contributed by atoms with van der Waals surface area (Å²) in [6.07, 6.45) is 1.23. The van der Waals surface area contributed by atoms with Crippen LogP contribution < -0.4 is 10.6 Å². The van der Waals surface area contributed by atoms with E-state index >= 15 is 0 Å². The van der Waals surface area contributed by atoms with Crippen molar-refractivity contribution in [2.24, 2.45) is 5.41 Å². The van der Waals surface area contributed by atoms with E-state index in [0.717, 1.165) is 6.42 Å². The molecular formula is C14H27N3O2. The first-order valence-electron chi connectivity index (χ1n) is 6.93. The van der Waals surface area contributed by atoms with Gasteiger partial charge >= 0.3 is 0 Å². The van der Waals surface area contributed by atoms with Gasteiger partial charge in [0.25, 0.3) is 0 Å². The third-order valence-corrected chi connectivity index (χ3v) is 3.60. The normalized spacial score (nSPS) is 23.5. The molecule has 1 unspecified atom stereocenters. The lowest BCUT2D eigenvalue weighted by Gasteiger charge is -2.24. The Balaban J connectivity index is 2.42. The van der Waals surface area contributed by atoms with Crippen molar-refractivity contribution in [1.82, 2.24) is 15.5 Å². The van der Waals surface area contributed by atoms with E-state index in [1.165, 1.54) is 0 Å². The maximum Gasteiger partial charge on any atom is 0.227 e. The topological polar surface area (TPSA) is 61.4 Å². The second-order valence-electron chi connectivity index (χ2n) is 6.63. The summed E-state index contributed by atoms with van der Waals surface area (Å²) >= 11 is 0. The van der Waals surface area contributed by atoms with Gasteiger partial charge in [-0.3, -0.25) is 9.59 Å². The van der Waals surface area contributed by atoms with Gasteiger partial charge in [0.15, 0.2) is 0 Å². The van der Waals surface area contributed by atoms with Gasteiger partial charge < -0.3 is 15.5 Å². The zero-order chi connectivity index (χ0) is 14.7. The van der Waals surface area contributed by atoms with Crippen molar-refractivity contribution in [3.63, 3.8) is 0 Å². The van der Waals surface area contributed by atoms with Crippen molar-refractivity contribution in [2.45, 2.75) is 46.1 Å². The number of carbonyl (C=O) groups excluding carboxylic acids is 2. The molecule has 0 aromatic heterocycles. The van der Waals surface area contributed by atoms with Crippen LogP contribution in [-0.4, -0.2) is 48.9 Å². The van der Waals surface area contributed by atoms with Gasteiger partial charge in [-0.1, -0.05) is 0 Å². The highest BCUT2D eigenvalue weighted by Gasteiger charge is 2.41. The van der Waals surface area contributed by atoms with Crippen LogP contribution in [0.4, 0.5) is 0 Å². The summed E-state index contributed by atoms with van der Waals surface area (Å²) in [4.78, 5) is 25.7. The Labute approximate surface area is 116 Å². The Hall–Kier alpha value is -1.10. The largest absolute Gasteiger partial charge is 0.359 e. The Bertz CT molecular complexity index is 349. The van der Waals surface area contributed by atoms with Crippen LogP contribution in [0.2, 0.25) is 0 Å². The van der Waals surface area contributed by atoms with Gasteiger partial charge in [0.05, 0.1) is 5.41 Å². The second kappa shape index (κ2) is 5.90. The number of rotatable bonds is 4. The maximum absolute atomic E-state index is 12.1. The molecule has 0 aromatic carbocycles. The molecule has 0 saturated carbocycles. The zero-order valence-corrected chi connectivity index (χ0v) is 12.8. The first-order valence-corrected chi connectivity index (χ1v) is 6.93. The average Bonchev–Trinajstić information content (AvgIpc) is 2.70. The van der Waals surface area contributed by atoms with Gasteiger partial charge in [-0.25, -0.2) is 0 Å². The standard InChI is InChI=1S/C14H27N3O2/c1-13(2,3)16-8-6-11(18)17-9-7-14(4,10-17)12(19)15-5/h16H,6-10H2,1-5H3,(H,15,19). The number of hydrogen-bond donors (Lipinski definition) is 2. The first-order chi connectivity index (χ1) is 8.68. The number of nitrogens with zero attached hydrogens (tertiary/aromatic N) is 1. The van der Waals surface area contributed by atoms with E-state index in [2.05, 4.69) is 31.4 Å². The van der Waals surface area contributed by atoms with Crippen molar-refractivity contribution in [3.05, 3.63) is 0 Å². The van der Waals surface area contributed by atoms with Crippen LogP contribution in [0.15, 0.2) is 0 Å². The number of carbonyl (C=O) groups is 2. The third kappa shape index (κ3) is 4.49. The molecule has 1 aliphatic heterocycles. The molecule has 1 aliphatic rings. The molecule has 1 rings (SSSR count). The van der Waals surface area contributed by atoms with E-state index in [4.69, 9.17) is 0 Å². The molecule has 2 amide bonds. The molecule has 1 saturated heterocycles. The van der Waals surface area contributed by atoms with Crippen molar-refractivity contribution in [3.8, 4) is 0 Å². The fourth-order valence-corrected chi connectivity index (χ4v) is 2.36. The molecule has 0 radical (unpaired) electrons. The minimum absolute atomic E-state index is 0.0237. The molecule has 0 bridgehead atoms. The molecule has 5 heteroatoms. The van der Waals surface area contributed by atoms with E-state index in [0.29, 0.717) is 26.1 Å². The predicted molar refractivity (Wildman–Crippen MR) is 75.7 cm³/mol. The van der Waals surface area contributed by atoms with Gasteiger partial charge in [0.1, 0.15) is 0 Å². The Morgan fingerprint density at radius 1 is 1.32 bits per heavy atom. The second-order valence-corrected chi connectivity index (χ2v) is 6.63. The third-order valence-electron chi connectivity index (χ3n) is 3.60. The van der Waals surface area contributed by atoms with Crippen LogP contribution in [0.25, 0.3) is 0 Å². The summed E-state index contributed by atoms with van der Waals surface area (Å²) in [7, 11) is 1.64. The predicted octanol–water partition coefficient (Wildman–Crippen LogP) is 0.749. The average molecular weight is 269 g/mol. The fraction of sp³-hybridized carbons (Fsp3) is 0.857. The van der Waals surface area contributed by atoms with Crippen molar-refractivity contribution in [2.75, 3.05) is 26.7 Å². The van der Waals surface area contributed by atoms with Gasteiger partial charge in [0.2, 0.25) is 11.8 Å². The lowest BCUT2D eigenvalue weighted by Crippen LogP contribution is -2.42. The number of amides is 2. The molecule has 0 spiro atoms. The van der Waals surface area contributed by atoms with Crippen LogP contribution in [0.3, 0.4) is 0 Å². The molecule has 0 aliphatic carbocycles. The van der Waals surface area contributed by atoms with E-state index in [1.54, 1.807) is 11.9 Å². The molecule has 110 valence electrons. The van der Waals surface area contributed by atoms with Gasteiger partial charge in [-0.15, -0.1) is 0 Å². The lowest BCUT2D eigenvalue weighted by atomic mass is 9.89. The summed E-state index contributed by atoms with van der Waals surface area (Å²) in [6.45, 7) is 10.0. The molecule has 5 nitrogen and oxygen atoms in total. The molecule has 19 heavy (non-hydrogen) atoms. The van der Waals surface area contributed by atoms with Crippen LogP contribution >= 0.6 is 0 Å². The molecule has 2 N–H and O–H groups in total. The van der Waals surface area contributed by atoms with Crippen LogP contribution in [0, 0.1) is 5.41 Å². The number of likely N-dealkylation sites (tertiary alicyclic amines) is 1. The SMILES string of the molecule is CNC(=O)C1(C)CCN(C(=O)CCNC(C)(C)C)C1. The first kappa shape index (κ1) is 16.0. The van der Waals surface area contributed by atoms with Crippen molar-refractivity contribution >= 4 is 11.8 Å². The van der Waals surface area contributed by atoms with E-state index < -0.39 is 5.41 Å². The fourth-order valence-electron chi connectivity index (χ4n) is 2.36. The highest BCUT2D eigenvalue weighted by molar-refractivity contribution is 5.84. The summed E-state index contributed by atoms with van der Waals surface area (Å²) in [5.41, 5.74) is -0.399. The minimum Gasteiger partial charge on any atom is -0.359 e. The smallest absolute Gasteiger partial charge is 0.227 e. The highest BCUT2D eigenvalue weighted by atomic mass is 16.2. The van der Waals surface area contributed by atoms with Gasteiger partial charge in [0, 0.05) is 38.6 Å². The van der Waals surface area contributed by atoms with Crippen LogP contribution in [0.5, 0.6) is 0 Å². The van der Waals surface area contributed by atoms with Crippen molar-refractivity contribution in [1.29, 1.82) is 0 Å². The summed E-state index contributed by atoms with van der Waals surface area (Å²) < 4.78 is 0. The molecular weight excluding hydrogens is 242 g/mol. The van der Waals surface area contributed by atoms with Gasteiger partial charge in [-0.2, -0.15) is 0 Å². The van der Waals surface area contributed by atoms with Crippen LogP contribution in [-0.2, 0) is 9.59 Å². The van der Waals surface area contributed by atoms with E-state index in [9.17, 15) is 9.59 Å². The highest BCUT2D eigenvalue weighted by Crippen LogP contribution is 2.30. The Morgan fingerprint density at radius 2 is 1.95 bits per heavy atom. The van der Waals surface area contributed by atoms with Crippen molar-refractivity contribution < 1.29 is 9.59 Å². The Kier molecular flexibility index (Phi) is 4.96. The molecule has 1 heterocycles. The molecule has 1 atom stereocenters. The maximum atomic E-state index is 12.1. The van der Waals surface area contributed by atoms with Gasteiger partial charge in [-0.05, 0) is 34.1 Å². The van der Waals surface area contributed by atoms with E-state index in [-0.39, 0.29) is 17.4 Å². The monoisotopic (exact) mass is 269 g/mol. The zero-order valence-electron chi connectivity index (χ0n) is 12.8. The van der Waals surface area contributed by atoms with E-state index in [1.807, 2.05) is 6.92 Å². The summed E-state index contributed by atoms with van der Waals surface area (Å²) in [5, 5.41) is 5.98. The lowest BCUT2D eigenvalue weighted by molar-refractivity contribution is -0.132.